The molecule has 100 valence electrons. The zero-order chi connectivity index (χ0) is 14.3. The number of carboxylic acid groups (broad SMARTS) is 1. The highest BCUT2D eigenvalue weighted by molar-refractivity contribution is 5.89. The van der Waals surface area contributed by atoms with Crippen LogP contribution in [-0.2, 0) is 9.47 Å². The van der Waals surface area contributed by atoms with Crippen LogP contribution < -0.4 is 0 Å². The van der Waals surface area contributed by atoms with E-state index in [1.54, 1.807) is 0 Å². The zero-order valence-corrected chi connectivity index (χ0v) is 9.58. The quantitative estimate of drug-likeness (QED) is 0.432. The summed E-state index contributed by atoms with van der Waals surface area (Å²) in [7, 11) is 2.51. The van der Waals surface area contributed by atoms with Crippen LogP contribution in [0, 0.1) is 0 Å². The van der Waals surface area contributed by atoms with Crippen molar-refractivity contribution in [2.24, 2.45) is 0 Å². The monoisotopic (exact) mass is 260 g/mol. The normalized spacial score (nSPS) is 8.78. The number of carbonyl (C=O) groups excluding carboxylic acids is 1. The van der Waals surface area contributed by atoms with Gasteiger partial charge in [-0.2, -0.15) is 0 Å². The summed E-state index contributed by atoms with van der Waals surface area (Å²) in [5, 5.41) is 35.0. The standard InChI is InChI=1S/C7H6O5.C3H6O3/c8-4-1-3(7(11)12)2-5(9)6(4)10;1-5-3(4)6-2/h1-2,8-10H,(H,11,12);1-2H3. The fraction of sp³-hybridized carbons (Fsp3) is 0.200. The molecule has 0 atom stereocenters. The maximum absolute atomic E-state index is 10.3. The summed E-state index contributed by atoms with van der Waals surface area (Å²) in [5.74, 6) is -3.33. The molecule has 8 nitrogen and oxygen atoms in total. The Hall–Kier alpha value is -2.64. The highest BCUT2D eigenvalue weighted by atomic mass is 16.7. The first-order valence-electron chi connectivity index (χ1n) is 4.43. The van der Waals surface area contributed by atoms with Crippen molar-refractivity contribution in [3.8, 4) is 17.2 Å². The predicted molar refractivity (Wildman–Crippen MR) is 57.8 cm³/mol. The number of methoxy groups -OCH3 is 2. The Balaban J connectivity index is 0.000000411. The molecule has 0 unspecified atom stereocenters. The topological polar surface area (TPSA) is 134 Å². The third-order valence-corrected chi connectivity index (χ3v) is 1.65. The SMILES string of the molecule is COC(=O)OC.O=C(O)c1cc(O)c(O)c(O)c1. The lowest BCUT2D eigenvalue weighted by atomic mass is 10.2. The molecule has 0 spiro atoms. The number of phenolic OH excluding ortho intramolecular Hbond substituents is 3. The van der Waals surface area contributed by atoms with Crippen molar-refractivity contribution in [3.63, 3.8) is 0 Å². The zero-order valence-electron chi connectivity index (χ0n) is 9.58. The van der Waals surface area contributed by atoms with E-state index in [-0.39, 0.29) is 5.56 Å². The molecule has 18 heavy (non-hydrogen) atoms. The Morgan fingerprint density at radius 2 is 1.39 bits per heavy atom. The Morgan fingerprint density at radius 3 is 1.61 bits per heavy atom. The Kier molecular flexibility index (Phi) is 5.84. The smallest absolute Gasteiger partial charge is 0.504 e. The lowest BCUT2D eigenvalue weighted by Crippen LogP contribution is -1.97. The van der Waals surface area contributed by atoms with Crippen molar-refractivity contribution < 1.29 is 39.5 Å². The van der Waals surface area contributed by atoms with Gasteiger partial charge in [-0.25, -0.2) is 9.59 Å². The van der Waals surface area contributed by atoms with Crippen molar-refractivity contribution in [2.45, 2.75) is 0 Å². The van der Waals surface area contributed by atoms with Crippen molar-refractivity contribution in [2.75, 3.05) is 14.2 Å². The van der Waals surface area contributed by atoms with Gasteiger partial charge in [0.25, 0.3) is 0 Å². The van der Waals surface area contributed by atoms with Crippen LogP contribution in [0.3, 0.4) is 0 Å². The highest BCUT2D eigenvalue weighted by Gasteiger charge is 2.11. The van der Waals surface area contributed by atoms with E-state index in [4.69, 9.17) is 20.4 Å². The molecule has 8 heteroatoms. The van der Waals surface area contributed by atoms with Gasteiger partial charge in [0.1, 0.15) is 0 Å². The minimum atomic E-state index is -1.29. The van der Waals surface area contributed by atoms with E-state index >= 15 is 0 Å². The largest absolute Gasteiger partial charge is 0.507 e. The summed E-state index contributed by atoms with van der Waals surface area (Å²) in [4.78, 5) is 20.0. The van der Waals surface area contributed by atoms with Gasteiger partial charge in [-0.1, -0.05) is 0 Å². The minimum Gasteiger partial charge on any atom is -0.504 e. The molecule has 0 aliphatic rings. The van der Waals surface area contributed by atoms with E-state index in [1.807, 2.05) is 0 Å². The fourth-order valence-electron chi connectivity index (χ4n) is 0.811. The second-order valence-corrected chi connectivity index (χ2v) is 2.83. The molecular weight excluding hydrogens is 248 g/mol. The number of hydrogen-bond acceptors (Lipinski definition) is 7. The molecule has 1 rings (SSSR count). The summed E-state index contributed by atoms with van der Waals surface area (Å²) in [5.41, 5.74) is -0.289. The molecule has 1 aromatic carbocycles. The summed E-state index contributed by atoms with van der Waals surface area (Å²) < 4.78 is 8.08. The average molecular weight is 260 g/mol. The van der Waals surface area contributed by atoms with Crippen LogP contribution in [0.1, 0.15) is 10.4 Å². The first kappa shape index (κ1) is 15.4. The fourth-order valence-corrected chi connectivity index (χ4v) is 0.811. The summed E-state index contributed by atoms with van der Waals surface area (Å²) in [6, 6.07) is 1.69. The van der Waals surface area contributed by atoms with E-state index in [9.17, 15) is 9.59 Å². The molecule has 0 aromatic heterocycles. The van der Waals surface area contributed by atoms with Gasteiger partial charge in [0.05, 0.1) is 19.8 Å². The minimum absolute atomic E-state index is 0.289. The molecule has 0 heterocycles. The van der Waals surface area contributed by atoms with Crippen LogP contribution in [-0.4, -0.2) is 46.8 Å². The predicted octanol–water partition coefficient (Wildman–Crippen LogP) is 0.901. The molecule has 0 radical (unpaired) electrons. The number of aromatic hydroxyl groups is 3. The van der Waals surface area contributed by atoms with Gasteiger partial charge in [-0.15, -0.1) is 0 Å². The van der Waals surface area contributed by atoms with E-state index in [1.165, 1.54) is 14.2 Å². The van der Waals surface area contributed by atoms with Crippen LogP contribution >= 0.6 is 0 Å². The Morgan fingerprint density at radius 1 is 1.00 bits per heavy atom. The lowest BCUT2D eigenvalue weighted by Gasteiger charge is -2.01. The molecule has 0 saturated heterocycles. The van der Waals surface area contributed by atoms with Crippen LogP contribution in [0.25, 0.3) is 0 Å². The summed E-state index contributed by atoms with van der Waals surface area (Å²) in [6.45, 7) is 0. The third-order valence-electron chi connectivity index (χ3n) is 1.65. The molecule has 0 saturated carbocycles. The number of hydrogen-bond donors (Lipinski definition) is 4. The van der Waals surface area contributed by atoms with E-state index < -0.39 is 29.4 Å². The first-order chi connectivity index (χ1) is 8.33. The molecule has 0 bridgehead atoms. The number of phenols is 3. The molecule has 1 aromatic rings. The number of ether oxygens (including phenoxy) is 2. The molecule has 0 aliphatic heterocycles. The Bertz CT molecular complexity index is 410. The first-order valence-corrected chi connectivity index (χ1v) is 4.43. The van der Waals surface area contributed by atoms with Crippen molar-refractivity contribution in [1.29, 1.82) is 0 Å². The van der Waals surface area contributed by atoms with Crippen LogP contribution in [0.5, 0.6) is 17.2 Å². The van der Waals surface area contributed by atoms with Crippen LogP contribution in [0.15, 0.2) is 12.1 Å². The molecule has 0 fully saturated rings. The van der Waals surface area contributed by atoms with Gasteiger partial charge in [0.2, 0.25) is 0 Å². The second-order valence-electron chi connectivity index (χ2n) is 2.83. The number of benzene rings is 1. The molecule has 0 aliphatic carbocycles. The van der Waals surface area contributed by atoms with Crippen LogP contribution in [0.4, 0.5) is 4.79 Å². The summed E-state index contributed by atoms with van der Waals surface area (Å²) in [6.07, 6.45) is -0.657. The van der Waals surface area contributed by atoms with Crippen molar-refractivity contribution >= 4 is 12.1 Å². The van der Waals surface area contributed by atoms with Crippen LogP contribution in [0.2, 0.25) is 0 Å². The number of carbonyl (C=O) groups is 2. The van der Waals surface area contributed by atoms with Gasteiger partial charge in [0, 0.05) is 0 Å². The third kappa shape index (κ3) is 4.47. The lowest BCUT2D eigenvalue weighted by molar-refractivity contribution is 0.0695. The highest BCUT2D eigenvalue weighted by Crippen LogP contribution is 2.35. The summed E-state index contributed by atoms with van der Waals surface area (Å²) >= 11 is 0. The van der Waals surface area contributed by atoms with Crippen molar-refractivity contribution in [3.05, 3.63) is 17.7 Å². The van der Waals surface area contributed by atoms with Gasteiger partial charge < -0.3 is 29.9 Å². The maximum atomic E-state index is 10.3. The van der Waals surface area contributed by atoms with Gasteiger partial charge >= 0.3 is 12.1 Å². The van der Waals surface area contributed by atoms with E-state index in [0.717, 1.165) is 12.1 Å². The van der Waals surface area contributed by atoms with E-state index in [0.29, 0.717) is 0 Å². The number of carboxylic acids is 1. The van der Waals surface area contributed by atoms with E-state index in [2.05, 4.69) is 9.47 Å². The Labute approximate surface area is 102 Å². The molecule has 4 N–H and O–H groups in total. The number of aromatic carboxylic acids is 1. The molecular formula is C10H12O8. The average Bonchev–Trinajstić information content (AvgIpc) is 2.34. The number of rotatable bonds is 1. The molecule has 0 amide bonds. The van der Waals surface area contributed by atoms with Crippen molar-refractivity contribution in [1.82, 2.24) is 0 Å². The van der Waals surface area contributed by atoms with Gasteiger partial charge in [0.15, 0.2) is 17.2 Å². The van der Waals surface area contributed by atoms with Gasteiger partial charge in [-0.05, 0) is 12.1 Å². The maximum Gasteiger partial charge on any atom is 0.507 e. The second kappa shape index (κ2) is 6.84. The van der Waals surface area contributed by atoms with Gasteiger partial charge in [-0.3, -0.25) is 0 Å².